The van der Waals surface area contributed by atoms with Crippen LogP contribution >= 0.6 is 0 Å². The van der Waals surface area contributed by atoms with Gasteiger partial charge in [0.2, 0.25) is 0 Å². The molecule has 1 aliphatic rings. The Morgan fingerprint density at radius 2 is 1.78 bits per heavy atom. The van der Waals surface area contributed by atoms with Crippen LogP contribution in [0.5, 0.6) is 0 Å². The summed E-state index contributed by atoms with van der Waals surface area (Å²) >= 11 is 0. The van der Waals surface area contributed by atoms with E-state index in [1.54, 1.807) is 38.1 Å². The number of nitrogens with one attached hydrogen (secondary N) is 2. The molecule has 2 N–H and O–H groups in total. The zero-order valence-corrected chi connectivity index (χ0v) is 18.0. The molecule has 164 valence electrons. The Kier molecular flexibility index (Phi) is 5.54. The summed E-state index contributed by atoms with van der Waals surface area (Å²) in [6.07, 6.45) is 0. The average Bonchev–Trinajstić information content (AvgIpc) is 2.88. The van der Waals surface area contributed by atoms with Gasteiger partial charge in [-0.05, 0) is 50.2 Å². The first-order chi connectivity index (χ1) is 15.3. The molecule has 0 fully saturated rings. The summed E-state index contributed by atoms with van der Waals surface area (Å²) in [5.41, 5.74) is 1.25. The van der Waals surface area contributed by atoms with Gasteiger partial charge in [-0.15, -0.1) is 4.40 Å². The van der Waals surface area contributed by atoms with Crippen molar-refractivity contribution in [3.63, 3.8) is 0 Å². The van der Waals surface area contributed by atoms with Gasteiger partial charge in [-0.25, -0.2) is 9.59 Å². The van der Waals surface area contributed by atoms with Gasteiger partial charge in [-0.2, -0.15) is 8.42 Å². The highest BCUT2D eigenvalue weighted by molar-refractivity contribution is 7.90. The Hall–Kier alpha value is -3.92. The second-order valence-electron chi connectivity index (χ2n) is 6.89. The number of hydrogen-bond acceptors (Lipinski definition) is 7. The van der Waals surface area contributed by atoms with Crippen LogP contribution in [-0.4, -0.2) is 26.8 Å². The number of hydrogen-bond donors (Lipinski definition) is 2. The number of para-hydroxylation sites is 2. The van der Waals surface area contributed by atoms with Crippen LogP contribution in [0.3, 0.4) is 0 Å². The van der Waals surface area contributed by atoms with Crippen molar-refractivity contribution < 1.29 is 22.4 Å². The number of nitrogens with zero attached hydrogens (tertiary/aromatic N) is 1. The highest BCUT2D eigenvalue weighted by Gasteiger charge is 2.28. The summed E-state index contributed by atoms with van der Waals surface area (Å²) in [6.45, 7) is 3.40. The fourth-order valence-electron chi connectivity index (χ4n) is 3.24. The summed E-state index contributed by atoms with van der Waals surface area (Å²) < 4.78 is 40.4. The third-order valence-electron chi connectivity index (χ3n) is 4.69. The minimum Gasteiger partial charge on any atom is -0.462 e. The predicted octanol–water partition coefficient (Wildman–Crippen LogP) is 3.25. The molecule has 2 heterocycles. The number of benzene rings is 2. The summed E-state index contributed by atoms with van der Waals surface area (Å²) in [4.78, 5) is 23.9. The van der Waals surface area contributed by atoms with E-state index in [1.807, 2.05) is 0 Å². The molecule has 0 amide bonds. The van der Waals surface area contributed by atoms with E-state index in [-0.39, 0.29) is 28.5 Å². The molecule has 3 aromatic rings. The smallest absolute Gasteiger partial charge is 0.343 e. The van der Waals surface area contributed by atoms with Crippen LogP contribution in [0.4, 0.5) is 11.4 Å². The lowest BCUT2D eigenvalue weighted by molar-refractivity contribution is -0.137. The van der Waals surface area contributed by atoms with E-state index in [0.29, 0.717) is 22.5 Å². The number of esters is 1. The predicted molar refractivity (Wildman–Crippen MR) is 120 cm³/mol. The number of rotatable bonds is 4. The molecule has 0 radical (unpaired) electrons. The monoisotopic (exact) mass is 453 g/mol. The van der Waals surface area contributed by atoms with Gasteiger partial charge in [0.05, 0.1) is 22.9 Å². The molecule has 0 aliphatic carbocycles. The molecule has 0 saturated carbocycles. The Balaban J connectivity index is 1.86. The molecule has 9 nitrogen and oxygen atoms in total. The molecule has 1 aliphatic heterocycles. The van der Waals surface area contributed by atoms with Crippen molar-refractivity contribution in [2.75, 3.05) is 17.2 Å². The minimum absolute atomic E-state index is 0.0292. The summed E-state index contributed by atoms with van der Waals surface area (Å²) in [6, 6.07) is 13.8. The molecule has 4 rings (SSSR count). The normalized spacial score (nSPS) is 15.0. The van der Waals surface area contributed by atoms with E-state index in [2.05, 4.69) is 15.0 Å². The van der Waals surface area contributed by atoms with Crippen molar-refractivity contribution in [3.8, 4) is 0 Å². The molecular weight excluding hydrogens is 434 g/mol. The summed E-state index contributed by atoms with van der Waals surface area (Å²) in [5.74, 6) is -0.884. The number of fused-ring (bicyclic) bond motifs is 2. The van der Waals surface area contributed by atoms with Gasteiger partial charge in [0.15, 0.2) is 5.84 Å². The van der Waals surface area contributed by atoms with Crippen LogP contribution in [0.25, 0.3) is 11.0 Å². The van der Waals surface area contributed by atoms with E-state index in [4.69, 9.17) is 9.15 Å². The highest BCUT2D eigenvalue weighted by atomic mass is 32.2. The number of allylic oxidation sites excluding steroid dienone is 1. The van der Waals surface area contributed by atoms with Gasteiger partial charge >= 0.3 is 11.6 Å². The zero-order valence-electron chi connectivity index (χ0n) is 17.2. The first-order valence-electron chi connectivity index (χ1n) is 9.69. The number of carbonyl (C=O) groups is 1. The van der Waals surface area contributed by atoms with Crippen molar-refractivity contribution in [3.05, 3.63) is 76.3 Å². The molecule has 32 heavy (non-hydrogen) atoms. The van der Waals surface area contributed by atoms with Crippen LogP contribution in [0.1, 0.15) is 13.8 Å². The van der Waals surface area contributed by atoms with Crippen LogP contribution in [0, 0.1) is 0 Å². The number of amidine groups is 1. The van der Waals surface area contributed by atoms with Crippen LogP contribution in [0.2, 0.25) is 0 Å². The summed E-state index contributed by atoms with van der Waals surface area (Å²) in [5, 5.41) is 6.46. The van der Waals surface area contributed by atoms with Gasteiger partial charge in [-0.3, -0.25) is 0 Å². The molecule has 0 bridgehead atoms. The van der Waals surface area contributed by atoms with E-state index in [0.717, 1.165) is 0 Å². The third kappa shape index (κ3) is 4.12. The molecule has 0 unspecified atom stereocenters. The average molecular weight is 453 g/mol. The molecule has 1 aromatic heterocycles. The largest absolute Gasteiger partial charge is 0.462 e. The summed E-state index contributed by atoms with van der Waals surface area (Å²) in [7, 11) is -4.25. The molecular formula is C22H19N3O6S. The standard InChI is InChI=1S/C22H19N3O6S/c1-3-30-22(27)20-13(2)23-16-6-4-5-7-17(16)24-21(20)25-32(28,29)15-9-10-18-14(12-15)8-11-19(26)31-18/h4-12,23H,3H2,1-2H3,(H,24,25). The van der Waals surface area contributed by atoms with E-state index < -0.39 is 21.6 Å². The Morgan fingerprint density at radius 1 is 1.06 bits per heavy atom. The Morgan fingerprint density at radius 3 is 2.50 bits per heavy atom. The Bertz CT molecular complexity index is 1450. The lowest BCUT2D eigenvalue weighted by Gasteiger charge is -2.12. The maximum absolute atomic E-state index is 13.2. The van der Waals surface area contributed by atoms with Gasteiger partial charge in [0.25, 0.3) is 10.0 Å². The Labute approximate surface area is 183 Å². The fraction of sp³-hybridized carbons (Fsp3) is 0.136. The zero-order chi connectivity index (χ0) is 22.9. The number of sulfonamides is 1. The first-order valence-corrected chi connectivity index (χ1v) is 11.1. The fourth-order valence-corrected chi connectivity index (χ4v) is 4.24. The van der Waals surface area contributed by atoms with Crippen molar-refractivity contribution in [2.45, 2.75) is 18.7 Å². The molecule has 0 spiro atoms. The topological polar surface area (TPSA) is 127 Å². The van der Waals surface area contributed by atoms with Crippen molar-refractivity contribution in [2.24, 2.45) is 4.40 Å². The molecule has 10 heteroatoms. The lowest BCUT2D eigenvalue weighted by atomic mass is 10.2. The van der Waals surface area contributed by atoms with Crippen molar-refractivity contribution in [1.82, 2.24) is 0 Å². The van der Waals surface area contributed by atoms with Crippen molar-refractivity contribution >= 4 is 44.2 Å². The quantitative estimate of drug-likeness (QED) is 0.455. The number of ether oxygens (including phenoxy) is 1. The van der Waals surface area contributed by atoms with E-state index in [9.17, 15) is 18.0 Å². The first kappa shape index (κ1) is 21.3. The van der Waals surface area contributed by atoms with E-state index >= 15 is 0 Å². The maximum Gasteiger partial charge on any atom is 0.343 e. The van der Waals surface area contributed by atoms with Crippen LogP contribution in [-0.2, 0) is 19.6 Å². The lowest BCUT2D eigenvalue weighted by Crippen LogP contribution is -2.25. The second-order valence-corrected chi connectivity index (χ2v) is 8.49. The van der Waals surface area contributed by atoms with E-state index in [1.165, 1.54) is 30.3 Å². The second kappa shape index (κ2) is 8.31. The van der Waals surface area contributed by atoms with Gasteiger partial charge in [-0.1, -0.05) is 12.1 Å². The van der Waals surface area contributed by atoms with Crippen LogP contribution in [0.15, 0.2) is 84.4 Å². The third-order valence-corrected chi connectivity index (χ3v) is 5.97. The van der Waals surface area contributed by atoms with Gasteiger partial charge < -0.3 is 19.8 Å². The van der Waals surface area contributed by atoms with Crippen molar-refractivity contribution in [1.29, 1.82) is 0 Å². The van der Waals surface area contributed by atoms with Gasteiger partial charge in [0, 0.05) is 17.1 Å². The molecule has 0 saturated heterocycles. The van der Waals surface area contributed by atoms with Crippen LogP contribution < -0.4 is 16.3 Å². The highest BCUT2D eigenvalue weighted by Crippen LogP contribution is 2.29. The van der Waals surface area contributed by atoms with Gasteiger partial charge in [0.1, 0.15) is 11.2 Å². The number of anilines is 2. The SMILES string of the molecule is CCOC(=O)C1=C(C)Nc2ccccc2N/C1=N/S(=O)(=O)c1ccc2oc(=O)ccc2c1. The maximum atomic E-state index is 13.2. The minimum atomic E-state index is -4.25. The molecule has 0 atom stereocenters. The number of carbonyl (C=O) groups excluding carboxylic acids is 1. The molecule has 2 aromatic carbocycles.